The van der Waals surface area contributed by atoms with Crippen LogP contribution in [0.3, 0.4) is 0 Å². The molecule has 0 bridgehead atoms. The van der Waals surface area contributed by atoms with Crippen LogP contribution in [0.2, 0.25) is 0 Å². The Morgan fingerprint density at radius 2 is 1.81 bits per heavy atom. The fourth-order valence-electron chi connectivity index (χ4n) is 2.84. The van der Waals surface area contributed by atoms with Crippen molar-refractivity contribution in [1.82, 2.24) is 9.78 Å². The molecule has 2 aromatic carbocycles. The molecule has 4 nitrogen and oxygen atoms in total. The lowest BCUT2D eigenvalue weighted by atomic mass is 10.1. The van der Waals surface area contributed by atoms with Gasteiger partial charge in [0.2, 0.25) is 0 Å². The van der Waals surface area contributed by atoms with Crippen molar-refractivity contribution in [1.29, 1.82) is 0 Å². The van der Waals surface area contributed by atoms with Crippen molar-refractivity contribution in [3.8, 4) is 5.69 Å². The highest BCUT2D eigenvalue weighted by molar-refractivity contribution is 5.80. The van der Waals surface area contributed by atoms with E-state index in [2.05, 4.69) is 29.1 Å². The molecule has 0 aliphatic heterocycles. The maximum atomic E-state index is 13.1. The van der Waals surface area contributed by atoms with Gasteiger partial charge in [-0.3, -0.25) is 14.9 Å². The number of aliphatic imine (C=N–C) groups is 1. The van der Waals surface area contributed by atoms with E-state index in [9.17, 15) is 9.18 Å². The second-order valence-corrected chi connectivity index (χ2v) is 6.14. The van der Waals surface area contributed by atoms with Crippen molar-refractivity contribution in [2.24, 2.45) is 4.99 Å². The van der Waals surface area contributed by atoms with Crippen molar-refractivity contribution in [2.45, 2.75) is 26.2 Å². The van der Waals surface area contributed by atoms with Gasteiger partial charge in [0.05, 0.1) is 11.3 Å². The molecule has 0 amide bonds. The Hall–Kier alpha value is -2.95. The number of rotatable bonds is 7. The molecular formula is C21H22FN3O. The molecule has 3 aromatic rings. The van der Waals surface area contributed by atoms with Gasteiger partial charge in [0.25, 0.3) is 5.56 Å². The van der Waals surface area contributed by atoms with E-state index in [1.54, 1.807) is 18.3 Å². The average Bonchev–Trinajstić information content (AvgIpc) is 2.96. The number of nitrogens with one attached hydrogen (secondary N) is 1. The summed E-state index contributed by atoms with van der Waals surface area (Å²) in [5, 5.41) is 3.14. The summed E-state index contributed by atoms with van der Waals surface area (Å²) in [5.41, 5.74) is 3.09. The predicted molar refractivity (Wildman–Crippen MR) is 103 cm³/mol. The normalized spacial score (nSPS) is 11.3. The highest BCUT2D eigenvalue weighted by atomic mass is 19.1. The molecule has 26 heavy (non-hydrogen) atoms. The number of aryl methyl sites for hydroxylation is 1. The first-order valence-electron chi connectivity index (χ1n) is 8.82. The third-order valence-electron chi connectivity index (χ3n) is 4.18. The van der Waals surface area contributed by atoms with Crippen molar-refractivity contribution in [3.05, 3.63) is 87.6 Å². The van der Waals surface area contributed by atoms with Gasteiger partial charge in [-0.2, -0.15) is 0 Å². The fourth-order valence-corrected chi connectivity index (χ4v) is 2.84. The summed E-state index contributed by atoms with van der Waals surface area (Å²) in [7, 11) is 0. The van der Waals surface area contributed by atoms with Crippen LogP contribution >= 0.6 is 0 Å². The van der Waals surface area contributed by atoms with Gasteiger partial charge in [0, 0.05) is 18.5 Å². The third-order valence-corrected chi connectivity index (χ3v) is 4.18. The number of aromatic nitrogens is 2. The molecule has 0 atom stereocenters. The van der Waals surface area contributed by atoms with Crippen molar-refractivity contribution >= 4 is 6.21 Å². The van der Waals surface area contributed by atoms with Gasteiger partial charge in [0.1, 0.15) is 5.82 Å². The van der Waals surface area contributed by atoms with Gasteiger partial charge in [0.15, 0.2) is 0 Å². The Morgan fingerprint density at radius 3 is 2.50 bits per heavy atom. The van der Waals surface area contributed by atoms with Crippen molar-refractivity contribution in [3.63, 3.8) is 0 Å². The Labute approximate surface area is 152 Å². The van der Waals surface area contributed by atoms with E-state index >= 15 is 0 Å². The average molecular weight is 351 g/mol. The number of hydrogen-bond acceptors (Lipinski definition) is 2. The zero-order valence-electron chi connectivity index (χ0n) is 14.8. The minimum atomic E-state index is -0.329. The molecular weight excluding hydrogens is 329 g/mol. The summed E-state index contributed by atoms with van der Waals surface area (Å²) in [6.45, 7) is 2.68. The monoisotopic (exact) mass is 351 g/mol. The Morgan fingerprint density at radius 1 is 1.08 bits per heavy atom. The third kappa shape index (κ3) is 4.17. The van der Waals surface area contributed by atoms with Crippen LogP contribution in [-0.4, -0.2) is 22.5 Å². The minimum Gasteiger partial charge on any atom is -0.294 e. The molecule has 1 heterocycles. The quantitative estimate of drug-likeness (QED) is 0.645. The Kier molecular flexibility index (Phi) is 5.79. The van der Waals surface area contributed by atoms with E-state index in [0.717, 1.165) is 25.0 Å². The van der Waals surface area contributed by atoms with Crippen LogP contribution in [0.4, 0.5) is 4.39 Å². The Balaban J connectivity index is 1.82. The summed E-state index contributed by atoms with van der Waals surface area (Å²) in [6, 6.07) is 16.0. The van der Waals surface area contributed by atoms with Gasteiger partial charge in [-0.05, 0) is 42.7 Å². The molecule has 0 saturated carbocycles. The number of H-pyrrole nitrogens is 1. The zero-order valence-corrected chi connectivity index (χ0v) is 14.8. The summed E-state index contributed by atoms with van der Waals surface area (Å²) in [4.78, 5) is 17.2. The van der Waals surface area contributed by atoms with Crippen LogP contribution in [0.5, 0.6) is 0 Å². The van der Waals surface area contributed by atoms with Crippen molar-refractivity contribution in [2.75, 3.05) is 6.54 Å². The topological polar surface area (TPSA) is 50.1 Å². The van der Waals surface area contributed by atoms with Gasteiger partial charge in [-0.25, -0.2) is 9.07 Å². The van der Waals surface area contributed by atoms with E-state index in [1.807, 2.05) is 18.2 Å². The molecule has 3 rings (SSSR count). The van der Waals surface area contributed by atoms with Gasteiger partial charge in [-0.15, -0.1) is 0 Å². The predicted octanol–water partition coefficient (Wildman–Crippen LogP) is 3.92. The van der Waals surface area contributed by atoms with E-state index in [0.29, 0.717) is 17.8 Å². The largest absolute Gasteiger partial charge is 0.294 e. The molecule has 0 unspecified atom stereocenters. The zero-order chi connectivity index (χ0) is 18.4. The maximum absolute atomic E-state index is 13.1. The van der Waals surface area contributed by atoms with Gasteiger partial charge in [-0.1, -0.05) is 43.7 Å². The van der Waals surface area contributed by atoms with Crippen LogP contribution in [0.25, 0.3) is 5.69 Å². The highest BCUT2D eigenvalue weighted by Crippen LogP contribution is 2.10. The van der Waals surface area contributed by atoms with Crippen LogP contribution in [0, 0.1) is 5.82 Å². The first kappa shape index (κ1) is 17.9. The fraction of sp³-hybridized carbons (Fsp3) is 0.238. The summed E-state index contributed by atoms with van der Waals surface area (Å²) in [5.74, 6) is -0.329. The van der Waals surface area contributed by atoms with Crippen molar-refractivity contribution < 1.29 is 4.39 Å². The molecule has 0 spiro atoms. The number of nitrogens with zero attached hydrogens (tertiary/aromatic N) is 2. The maximum Gasteiger partial charge on any atom is 0.280 e. The summed E-state index contributed by atoms with van der Waals surface area (Å²) in [6.07, 6.45) is 4.15. The van der Waals surface area contributed by atoms with Gasteiger partial charge >= 0.3 is 0 Å². The van der Waals surface area contributed by atoms with Crippen LogP contribution in [0.1, 0.15) is 30.2 Å². The van der Waals surface area contributed by atoms with Crippen LogP contribution in [-0.2, 0) is 12.8 Å². The van der Waals surface area contributed by atoms with E-state index in [4.69, 9.17) is 0 Å². The summed E-state index contributed by atoms with van der Waals surface area (Å²) >= 11 is 0. The number of hydrogen-bond donors (Lipinski definition) is 1. The molecule has 134 valence electrons. The first-order valence-corrected chi connectivity index (χ1v) is 8.82. The Bertz CT molecular complexity index is 924. The van der Waals surface area contributed by atoms with E-state index in [-0.39, 0.29) is 11.4 Å². The lowest BCUT2D eigenvalue weighted by molar-refractivity contribution is 0.626. The molecule has 0 saturated heterocycles. The number of benzene rings is 2. The lowest BCUT2D eigenvalue weighted by Crippen LogP contribution is -2.17. The molecule has 0 fully saturated rings. The second-order valence-electron chi connectivity index (χ2n) is 6.14. The molecule has 5 heteroatoms. The molecule has 0 aliphatic rings. The molecule has 0 aliphatic carbocycles. The van der Waals surface area contributed by atoms with Crippen LogP contribution < -0.4 is 5.56 Å². The molecule has 1 N–H and O–H groups in total. The lowest BCUT2D eigenvalue weighted by Gasteiger charge is -2.01. The second kappa shape index (κ2) is 8.43. The number of halogens is 1. The molecule has 1 aromatic heterocycles. The standard InChI is InChI=1S/C21H22FN3O/c1-2-6-20-19(15-23-14-13-16-7-4-3-5-8-16)21(26)25(24-20)18-11-9-17(22)10-12-18/h3-5,7-12,15,24H,2,6,13-14H2,1H3. The number of aromatic amines is 1. The first-order chi connectivity index (χ1) is 12.7. The highest BCUT2D eigenvalue weighted by Gasteiger charge is 2.13. The van der Waals surface area contributed by atoms with Gasteiger partial charge < -0.3 is 0 Å². The van der Waals surface area contributed by atoms with Crippen LogP contribution in [0.15, 0.2) is 64.4 Å². The minimum absolute atomic E-state index is 0.163. The van der Waals surface area contributed by atoms with E-state index < -0.39 is 0 Å². The van der Waals surface area contributed by atoms with E-state index in [1.165, 1.54) is 22.4 Å². The SMILES string of the molecule is CCCc1[nH]n(-c2ccc(F)cc2)c(=O)c1C=NCCc1ccccc1. The smallest absolute Gasteiger partial charge is 0.280 e. The summed E-state index contributed by atoms with van der Waals surface area (Å²) < 4.78 is 14.6. The molecule has 0 radical (unpaired) electrons.